The molecule has 0 aliphatic rings. The minimum Gasteiger partial charge on any atom is -0.466 e. The van der Waals surface area contributed by atoms with Gasteiger partial charge in [0.15, 0.2) is 0 Å². The SMILES string of the molecule is Cc1cccc(S(=O)(=O)NCc2ccc(C(O)c3ccco3)s2)c1. The van der Waals surface area contributed by atoms with Gasteiger partial charge in [0.05, 0.1) is 11.2 Å². The van der Waals surface area contributed by atoms with E-state index >= 15 is 0 Å². The van der Waals surface area contributed by atoms with E-state index in [4.69, 9.17) is 4.42 Å². The number of hydrogen-bond donors (Lipinski definition) is 2. The summed E-state index contributed by atoms with van der Waals surface area (Å²) in [6.45, 7) is 2.02. The molecule has 0 fully saturated rings. The lowest BCUT2D eigenvalue weighted by Crippen LogP contribution is -2.22. The van der Waals surface area contributed by atoms with E-state index in [0.717, 1.165) is 10.4 Å². The van der Waals surface area contributed by atoms with Gasteiger partial charge in [0, 0.05) is 16.3 Å². The molecule has 24 heavy (non-hydrogen) atoms. The number of thiophene rings is 1. The number of rotatable bonds is 6. The number of aryl methyl sites for hydroxylation is 1. The molecule has 126 valence electrons. The third kappa shape index (κ3) is 3.76. The molecule has 0 aliphatic heterocycles. The van der Waals surface area contributed by atoms with Crippen molar-refractivity contribution in [2.45, 2.75) is 24.5 Å². The first-order valence-corrected chi connectivity index (χ1v) is 9.62. The van der Waals surface area contributed by atoms with Crippen molar-refractivity contribution in [2.24, 2.45) is 0 Å². The zero-order valence-corrected chi connectivity index (χ0v) is 14.6. The van der Waals surface area contributed by atoms with Gasteiger partial charge in [-0.3, -0.25) is 0 Å². The number of aliphatic hydroxyl groups excluding tert-OH is 1. The Bertz CT molecular complexity index is 914. The van der Waals surface area contributed by atoms with E-state index in [1.54, 1.807) is 42.5 Å². The van der Waals surface area contributed by atoms with Crippen LogP contribution in [0.3, 0.4) is 0 Å². The van der Waals surface area contributed by atoms with Gasteiger partial charge in [0.1, 0.15) is 11.9 Å². The van der Waals surface area contributed by atoms with E-state index in [2.05, 4.69) is 4.72 Å². The number of benzene rings is 1. The Hall–Kier alpha value is -1.93. The largest absolute Gasteiger partial charge is 0.466 e. The topological polar surface area (TPSA) is 79.5 Å². The van der Waals surface area contributed by atoms with E-state index < -0.39 is 16.1 Å². The Morgan fingerprint density at radius 3 is 2.75 bits per heavy atom. The van der Waals surface area contributed by atoms with Gasteiger partial charge in [-0.05, 0) is 48.9 Å². The van der Waals surface area contributed by atoms with Crippen LogP contribution in [0.15, 0.2) is 64.1 Å². The molecule has 2 aromatic heterocycles. The Balaban J connectivity index is 1.69. The molecule has 0 amide bonds. The monoisotopic (exact) mass is 363 g/mol. The third-order valence-electron chi connectivity index (χ3n) is 3.50. The molecule has 7 heteroatoms. The summed E-state index contributed by atoms with van der Waals surface area (Å²) in [6.07, 6.45) is 0.662. The van der Waals surface area contributed by atoms with E-state index in [9.17, 15) is 13.5 Å². The Morgan fingerprint density at radius 2 is 2.04 bits per heavy atom. The Labute approximate surface area is 144 Å². The molecule has 0 saturated carbocycles. The first-order chi connectivity index (χ1) is 11.5. The molecule has 0 spiro atoms. The van der Waals surface area contributed by atoms with Crippen LogP contribution in [0, 0.1) is 6.92 Å². The van der Waals surface area contributed by atoms with Crippen LogP contribution in [0.5, 0.6) is 0 Å². The first-order valence-electron chi connectivity index (χ1n) is 7.32. The molecule has 1 unspecified atom stereocenters. The van der Waals surface area contributed by atoms with E-state index in [0.29, 0.717) is 10.6 Å². The predicted molar refractivity (Wildman–Crippen MR) is 92.3 cm³/mol. The highest BCUT2D eigenvalue weighted by Gasteiger charge is 2.17. The number of aliphatic hydroxyl groups is 1. The molecule has 3 aromatic rings. The summed E-state index contributed by atoms with van der Waals surface area (Å²) in [5, 5.41) is 10.2. The number of furan rings is 1. The maximum absolute atomic E-state index is 12.3. The van der Waals surface area contributed by atoms with Crippen LogP contribution >= 0.6 is 11.3 Å². The van der Waals surface area contributed by atoms with E-state index in [-0.39, 0.29) is 11.4 Å². The molecule has 2 N–H and O–H groups in total. The highest BCUT2D eigenvalue weighted by atomic mass is 32.2. The molecule has 5 nitrogen and oxygen atoms in total. The second-order valence-electron chi connectivity index (χ2n) is 5.36. The van der Waals surface area contributed by atoms with Gasteiger partial charge in [0.2, 0.25) is 10.0 Å². The van der Waals surface area contributed by atoms with Crippen LogP contribution in [0.4, 0.5) is 0 Å². The maximum atomic E-state index is 12.3. The highest BCUT2D eigenvalue weighted by molar-refractivity contribution is 7.89. The third-order valence-corrected chi connectivity index (χ3v) is 6.04. The molecule has 0 bridgehead atoms. The minimum atomic E-state index is -3.56. The lowest BCUT2D eigenvalue weighted by atomic mass is 10.2. The highest BCUT2D eigenvalue weighted by Crippen LogP contribution is 2.28. The van der Waals surface area contributed by atoms with Crippen molar-refractivity contribution in [3.05, 3.63) is 75.9 Å². The Morgan fingerprint density at radius 1 is 1.21 bits per heavy atom. The molecule has 1 aromatic carbocycles. The van der Waals surface area contributed by atoms with Gasteiger partial charge in [-0.1, -0.05) is 12.1 Å². The molecular weight excluding hydrogens is 346 g/mol. The summed E-state index contributed by atoms with van der Waals surface area (Å²) in [7, 11) is -3.56. The maximum Gasteiger partial charge on any atom is 0.240 e. The molecule has 0 radical (unpaired) electrons. The second kappa shape index (κ2) is 6.90. The van der Waals surface area contributed by atoms with Crippen molar-refractivity contribution in [3.63, 3.8) is 0 Å². The lowest BCUT2D eigenvalue weighted by Gasteiger charge is -2.06. The molecule has 2 heterocycles. The van der Waals surface area contributed by atoms with Gasteiger partial charge < -0.3 is 9.52 Å². The Kier molecular flexibility index (Phi) is 4.86. The van der Waals surface area contributed by atoms with E-state index in [1.807, 2.05) is 13.0 Å². The summed E-state index contributed by atoms with van der Waals surface area (Å²) >= 11 is 1.34. The fourth-order valence-electron chi connectivity index (χ4n) is 2.26. The van der Waals surface area contributed by atoms with Crippen molar-refractivity contribution in [1.29, 1.82) is 0 Å². The zero-order chi connectivity index (χ0) is 17.2. The second-order valence-corrected chi connectivity index (χ2v) is 8.33. The fraction of sp³-hybridized carbons (Fsp3) is 0.176. The summed E-state index contributed by atoms with van der Waals surface area (Å²) in [4.78, 5) is 1.76. The van der Waals surface area contributed by atoms with Crippen molar-refractivity contribution in [3.8, 4) is 0 Å². The van der Waals surface area contributed by atoms with Crippen molar-refractivity contribution in [2.75, 3.05) is 0 Å². The van der Waals surface area contributed by atoms with Crippen LogP contribution in [0.1, 0.15) is 27.2 Å². The predicted octanol–water partition coefficient (Wildman–Crippen LogP) is 3.21. The average molecular weight is 363 g/mol. The van der Waals surface area contributed by atoms with Crippen LogP contribution in [-0.2, 0) is 16.6 Å². The van der Waals surface area contributed by atoms with Gasteiger partial charge in [-0.25, -0.2) is 13.1 Å². The van der Waals surface area contributed by atoms with Crippen molar-refractivity contribution in [1.82, 2.24) is 4.72 Å². The van der Waals surface area contributed by atoms with E-state index in [1.165, 1.54) is 17.6 Å². The average Bonchev–Trinajstić information content (AvgIpc) is 3.24. The fourth-order valence-corrected chi connectivity index (χ4v) is 4.40. The number of sulfonamides is 1. The normalized spacial score (nSPS) is 13.1. The molecule has 0 aliphatic carbocycles. The van der Waals surface area contributed by atoms with Crippen LogP contribution in [0.2, 0.25) is 0 Å². The first kappa shape index (κ1) is 16.9. The van der Waals surface area contributed by atoms with Crippen molar-refractivity contribution < 1.29 is 17.9 Å². The quantitative estimate of drug-likeness (QED) is 0.705. The van der Waals surface area contributed by atoms with Crippen LogP contribution < -0.4 is 4.72 Å². The van der Waals surface area contributed by atoms with Gasteiger partial charge in [0.25, 0.3) is 0 Å². The molecular formula is C17H17NO4S2. The summed E-state index contributed by atoms with van der Waals surface area (Å²) < 4.78 is 32.4. The number of hydrogen-bond acceptors (Lipinski definition) is 5. The molecule has 0 saturated heterocycles. The van der Waals surface area contributed by atoms with Gasteiger partial charge in [-0.15, -0.1) is 11.3 Å². The van der Waals surface area contributed by atoms with Crippen LogP contribution in [0.25, 0.3) is 0 Å². The zero-order valence-electron chi connectivity index (χ0n) is 13.0. The summed E-state index contributed by atoms with van der Waals surface area (Å²) in [6, 6.07) is 13.7. The standard InChI is InChI=1S/C17H17NO4S2/c1-12-4-2-5-14(10-12)24(20,21)18-11-13-7-8-16(23-13)17(19)15-6-3-9-22-15/h2-10,17-19H,11H2,1H3. The summed E-state index contributed by atoms with van der Waals surface area (Å²) in [5.41, 5.74) is 0.887. The lowest BCUT2D eigenvalue weighted by molar-refractivity contribution is 0.193. The molecule has 1 atom stereocenters. The number of nitrogens with one attached hydrogen (secondary N) is 1. The van der Waals surface area contributed by atoms with Gasteiger partial charge in [-0.2, -0.15) is 0 Å². The molecule has 3 rings (SSSR count). The minimum absolute atomic E-state index is 0.172. The summed E-state index contributed by atoms with van der Waals surface area (Å²) in [5.74, 6) is 0.462. The smallest absolute Gasteiger partial charge is 0.240 e. The van der Waals surface area contributed by atoms with Crippen molar-refractivity contribution >= 4 is 21.4 Å². The van der Waals surface area contributed by atoms with Crippen LogP contribution in [-0.4, -0.2) is 13.5 Å². The van der Waals surface area contributed by atoms with Gasteiger partial charge >= 0.3 is 0 Å².